The Hall–Kier alpha value is -1.23. The summed E-state index contributed by atoms with van der Waals surface area (Å²) in [5.41, 5.74) is -1.89. The van der Waals surface area contributed by atoms with E-state index in [1.165, 1.54) is 6.07 Å². The molecule has 0 saturated heterocycles. The summed E-state index contributed by atoms with van der Waals surface area (Å²) in [7, 11) is 0. The summed E-state index contributed by atoms with van der Waals surface area (Å²) in [6.45, 7) is 0. The number of fused-ring (bicyclic) bond motifs is 1. The molecule has 0 radical (unpaired) electrons. The van der Waals surface area contributed by atoms with Crippen LogP contribution >= 0.6 is 11.6 Å². The van der Waals surface area contributed by atoms with E-state index in [9.17, 15) is 18.0 Å². The third kappa shape index (κ3) is 1.38. The minimum Gasteiger partial charge on any atom is -0.371 e. The van der Waals surface area contributed by atoms with Gasteiger partial charge in [-0.05, 0) is 25.0 Å². The van der Waals surface area contributed by atoms with Gasteiger partial charge in [-0.15, -0.1) is 0 Å². The minimum atomic E-state index is -4.54. The van der Waals surface area contributed by atoms with E-state index in [2.05, 4.69) is 5.32 Å². The molecule has 0 bridgehead atoms. The van der Waals surface area contributed by atoms with Gasteiger partial charge in [-0.2, -0.15) is 13.2 Å². The van der Waals surface area contributed by atoms with Gasteiger partial charge in [-0.3, -0.25) is 4.79 Å². The first kappa shape index (κ1) is 10.9. The van der Waals surface area contributed by atoms with Crippen LogP contribution in [0.15, 0.2) is 12.1 Å². The van der Waals surface area contributed by atoms with Crippen molar-refractivity contribution in [2.75, 3.05) is 5.32 Å². The fourth-order valence-electron chi connectivity index (χ4n) is 2.18. The smallest absolute Gasteiger partial charge is 0.371 e. The molecule has 0 amide bonds. The molecule has 3 rings (SSSR count). The highest BCUT2D eigenvalue weighted by Crippen LogP contribution is 2.52. The SMILES string of the molecule is O=C1c2c(C(F)(F)F)ccc(Cl)c2NC12CC2. The maximum Gasteiger partial charge on any atom is 0.417 e. The van der Waals surface area contributed by atoms with Crippen LogP contribution in [0, 0.1) is 0 Å². The molecule has 1 aromatic rings. The number of hydrogen-bond donors (Lipinski definition) is 1. The number of benzene rings is 1. The fourth-order valence-corrected chi connectivity index (χ4v) is 2.39. The highest BCUT2D eigenvalue weighted by Gasteiger charge is 2.57. The van der Waals surface area contributed by atoms with Crippen molar-refractivity contribution in [2.45, 2.75) is 24.6 Å². The third-order valence-electron chi connectivity index (χ3n) is 3.24. The van der Waals surface area contributed by atoms with E-state index in [0.29, 0.717) is 12.8 Å². The predicted octanol–water partition coefficient (Wildman–Crippen LogP) is 3.50. The molecule has 1 aliphatic heterocycles. The molecule has 1 N–H and O–H groups in total. The number of anilines is 1. The van der Waals surface area contributed by atoms with Crippen molar-refractivity contribution in [3.8, 4) is 0 Å². The van der Waals surface area contributed by atoms with E-state index in [1.807, 2.05) is 0 Å². The molecule has 2 aliphatic rings. The highest BCUT2D eigenvalue weighted by atomic mass is 35.5. The first-order valence-electron chi connectivity index (χ1n) is 5.08. The monoisotopic (exact) mass is 261 g/mol. The van der Waals surface area contributed by atoms with Gasteiger partial charge in [-0.25, -0.2) is 0 Å². The second kappa shape index (κ2) is 2.96. The average molecular weight is 262 g/mol. The zero-order valence-corrected chi connectivity index (χ0v) is 9.24. The van der Waals surface area contributed by atoms with Crippen molar-refractivity contribution in [3.63, 3.8) is 0 Å². The van der Waals surface area contributed by atoms with Crippen molar-refractivity contribution in [1.82, 2.24) is 0 Å². The molecule has 1 fully saturated rings. The number of carbonyl (C=O) groups is 1. The first-order valence-corrected chi connectivity index (χ1v) is 5.46. The van der Waals surface area contributed by atoms with Crippen molar-refractivity contribution in [1.29, 1.82) is 0 Å². The van der Waals surface area contributed by atoms with Gasteiger partial charge >= 0.3 is 6.18 Å². The Morgan fingerprint density at radius 3 is 2.47 bits per heavy atom. The fraction of sp³-hybridized carbons (Fsp3) is 0.364. The Bertz CT molecular complexity index is 534. The summed E-state index contributed by atoms with van der Waals surface area (Å²) in [5.74, 6) is -0.484. The second-order valence-corrected chi connectivity index (χ2v) is 4.79. The number of ketones is 1. The maximum atomic E-state index is 12.8. The van der Waals surface area contributed by atoms with E-state index in [-0.39, 0.29) is 16.3 Å². The molecule has 1 aromatic carbocycles. The minimum absolute atomic E-state index is 0.129. The second-order valence-electron chi connectivity index (χ2n) is 4.38. The van der Waals surface area contributed by atoms with E-state index in [4.69, 9.17) is 11.6 Å². The lowest BCUT2D eigenvalue weighted by Crippen LogP contribution is -2.24. The summed E-state index contributed by atoms with van der Waals surface area (Å²) in [6.07, 6.45) is -3.41. The third-order valence-corrected chi connectivity index (χ3v) is 3.55. The number of halogens is 4. The van der Waals surface area contributed by atoms with Crippen molar-refractivity contribution in [3.05, 3.63) is 28.3 Å². The zero-order chi connectivity index (χ0) is 12.4. The van der Waals surface area contributed by atoms with Crippen LogP contribution in [0.4, 0.5) is 18.9 Å². The lowest BCUT2D eigenvalue weighted by Gasteiger charge is -2.11. The molecule has 2 nitrogen and oxygen atoms in total. The van der Waals surface area contributed by atoms with E-state index in [1.54, 1.807) is 0 Å². The Morgan fingerprint density at radius 2 is 1.94 bits per heavy atom. The number of rotatable bonds is 0. The molecule has 0 unspecified atom stereocenters. The Balaban J connectivity index is 2.24. The lowest BCUT2D eigenvalue weighted by atomic mass is 10.0. The van der Waals surface area contributed by atoms with Crippen LogP contribution < -0.4 is 5.32 Å². The quantitative estimate of drug-likeness (QED) is 0.774. The van der Waals surface area contributed by atoms with E-state index in [0.717, 1.165) is 6.07 Å². The van der Waals surface area contributed by atoms with Gasteiger partial charge in [0.05, 0.1) is 21.8 Å². The average Bonchev–Trinajstić information content (AvgIpc) is 2.93. The largest absolute Gasteiger partial charge is 0.417 e. The van der Waals surface area contributed by atoms with Gasteiger partial charge in [0.15, 0.2) is 5.78 Å². The Kier molecular flexibility index (Phi) is 1.90. The summed E-state index contributed by atoms with van der Waals surface area (Å²) >= 11 is 5.83. The summed E-state index contributed by atoms with van der Waals surface area (Å²) < 4.78 is 38.4. The van der Waals surface area contributed by atoms with Gasteiger partial charge in [-0.1, -0.05) is 11.6 Å². The van der Waals surface area contributed by atoms with Crippen LogP contribution in [0.2, 0.25) is 5.02 Å². The predicted molar refractivity (Wildman–Crippen MR) is 56.4 cm³/mol. The molecule has 17 heavy (non-hydrogen) atoms. The van der Waals surface area contributed by atoms with E-state index >= 15 is 0 Å². The molecule has 0 aromatic heterocycles. The van der Waals surface area contributed by atoms with Crippen LogP contribution in [-0.4, -0.2) is 11.3 Å². The van der Waals surface area contributed by atoms with Gasteiger partial charge in [0, 0.05) is 0 Å². The summed E-state index contributed by atoms with van der Waals surface area (Å²) in [4.78, 5) is 12.0. The van der Waals surface area contributed by atoms with Gasteiger partial charge in [0.1, 0.15) is 5.54 Å². The lowest BCUT2D eigenvalue weighted by molar-refractivity contribution is -0.137. The maximum absolute atomic E-state index is 12.8. The van der Waals surface area contributed by atoms with Gasteiger partial charge in [0.2, 0.25) is 0 Å². The van der Waals surface area contributed by atoms with Crippen LogP contribution in [0.1, 0.15) is 28.8 Å². The Morgan fingerprint density at radius 1 is 1.29 bits per heavy atom. The normalized spacial score (nSPS) is 20.4. The Labute approximate surface area is 99.8 Å². The molecular weight excluding hydrogens is 255 g/mol. The zero-order valence-electron chi connectivity index (χ0n) is 8.49. The molecular formula is C11H7ClF3NO. The number of nitrogens with one attached hydrogen (secondary N) is 1. The van der Waals surface area contributed by atoms with Crippen LogP contribution in [0.5, 0.6) is 0 Å². The standard InChI is InChI=1S/C11H7ClF3NO/c12-6-2-1-5(11(13,14)15)7-8(6)16-10(3-4-10)9(7)17/h1-2,16H,3-4H2. The molecule has 1 saturated carbocycles. The molecule has 1 spiro atoms. The number of Topliss-reactive ketones (excluding diaryl/α,β-unsaturated/α-hetero) is 1. The number of hydrogen-bond acceptors (Lipinski definition) is 2. The van der Waals surface area contributed by atoms with Crippen LogP contribution in [-0.2, 0) is 6.18 Å². The van der Waals surface area contributed by atoms with Crippen LogP contribution in [0.3, 0.4) is 0 Å². The number of alkyl halides is 3. The van der Waals surface area contributed by atoms with E-state index < -0.39 is 23.1 Å². The van der Waals surface area contributed by atoms with Crippen molar-refractivity contribution in [2.24, 2.45) is 0 Å². The van der Waals surface area contributed by atoms with Crippen molar-refractivity contribution >= 4 is 23.1 Å². The first-order chi connectivity index (χ1) is 7.85. The molecule has 1 aliphatic carbocycles. The molecule has 90 valence electrons. The summed E-state index contributed by atoms with van der Waals surface area (Å²) in [6, 6.07) is 2.03. The van der Waals surface area contributed by atoms with Gasteiger partial charge < -0.3 is 5.32 Å². The topological polar surface area (TPSA) is 29.1 Å². The highest BCUT2D eigenvalue weighted by molar-refractivity contribution is 6.35. The van der Waals surface area contributed by atoms with Crippen LogP contribution in [0.25, 0.3) is 0 Å². The van der Waals surface area contributed by atoms with Crippen molar-refractivity contribution < 1.29 is 18.0 Å². The van der Waals surface area contributed by atoms with Gasteiger partial charge in [0.25, 0.3) is 0 Å². The number of carbonyl (C=O) groups excluding carboxylic acids is 1. The molecule has 0 atom stereocenters. The summed E-state index contributed by atoms with van der Waals surface area (Å²) in [5, 5.41) is 2.99. The molecule has 1 heterocycles. The molecule has 6 heteroatoms.